The Morgan fingerprint density at radius 1 is 1.12 bits per heavy atom. The molecule has 0 spiro atoms. The van der Waals surface area contributed by atoms with Crippen molar-refractivity contribution in [2.45, 2.75) is 13.0 Å². The second-order valence-corrected chi connectivity index (χ2v) is 5.43. The van der Waals surface area contributed by atoms with Crippen LogP contribution < -0.4 is 15.2 Å². The molecule has 0 saturated heterocycles. The van der Waals surface area contributed by atoms with Gasteiger partial charge >= 0.3 is 5.76 Å². The van der Waals surface area contributed by atoms with Gasteiger partial charge in [-0.25, -0.2) is 9.18 Å². The van der Waals surface area contributed by atoms with E-state index in [1.165, 1.54) is 16.7 Å². The van der Waals surface area contributed by atoms with E-state index >= 15 is 0 Å². The fraction of sp³-hybridized carbons (Fsp3) is 0.222. The molecule has 130 valence electrons. The van der Waals surface area contributed by atoms with Gasteiger partial charge in [0, 0.05) is 18.1 Å². The summed E-state index contributed by atoms with van der Waals surface area (Å²) in [5, 5.41) is 3.84. The molecular formula is C18H17FN2O4. The summed E-state index contributed by atoms with van der Waals surface area (Å²) in [6, 6.07) is 11.4. The van der Waals surface area contributed by atoms with Crippen molar-refractivity contribution < 1.29 is 18.4 Å². The molecule has 7 heteroatoms. The van der Waals surface area contributed by atoms with Crippen molar-refractivity contribution in [3.05, 3.63) is 75.8 Å². The Morgan fingerprint density at radius 3 is 2.56 bits per heavy atom. The maximum atomic E-state index is 13.0. The highest BCUT2D eigenvalue weighted by atomic mass is 19.1. The number of nitrogens with zero attached hydrogens (tertiary/aromatic N) is 2. The molecule has 0 radical (unpaired) electrons. The minimum atomic E-state index is -0.560. The van der Waals surface area contributed by atoms with E-state index in [1.807, 2.05) is 6.07 Å². The standard InChI is InChI=1S/C18H17FN2O4/c1-23-15-8-5-13(16(10-15)24-2)11-21-17(20-25-18(21)22)9-12-3-6-14(19)7-4-12/h3-8,10H,9,11H2,1-2H3. The van der Waals surface area contributed by atoms with Crippen LogP contribution in [0.4, 0.5) is 4.39 Å². The van der Waals surface area contributed by atoms with Crippen LogP contribution in [0.2, 0.25) is 0 Å². The topological polar surface area (TPSA) is 66.5 Å². The van der Waals surface area contributed by atoms with Gasteiger partial charge < -0.3 is 9.47 Å². The average Bonchev–Trinajstić information content (AvgIpc) is 2.97. The predicted molar refractivity (Wildman–Crippen MR) is 88.6 cm³/mol. The summed E-state index contributed by atoms with van der Waals surface area (Å²) in [6.45, 7) is 0.242. The molecule has 0 bridgehead atoms. The summed E-state index contributed by atoms with van der Waals surface area (Å²) in [7, 11) is 3.12. The molecule has 0 atom stereocenters. The Morgan fingerprint density at radius 2 is 1.88 bits per heavy atom. The summed E-state index contributed by atoms with van der Waals surface area (Å²) in [5.74, 6) is 0.832. The van der Waals surface area contributed by atoms with Crippen molar-refractivity contribution in [3.8, 4) is 11.5 Å². The number of methoxy groups -OCH3 is 2. The van der Waals surface area contributed by atoms with Gasteiger partial charge in [-0.3, -0.25) is 9.09 Å². The molecule has 6 nitrogen and oxygen atoms in total. The molecule has 0 N–H and O–H groups in total. The number of hydrogen-bond donors (Lipinski definition) is 0. The Balaban J connectivity index is 1.89. The van der Waals surface area contributed by atoms with Gasteiger partial charge in [-0.15, -0.1) is 0 Å². The quantitative estimate of drug-likeness (QED) is 0.688. The Bertz CT molecular complexity index is 916. The van der Waals surface area contributed by atoms with Crippen molar-refractivity contribution in [3.63, 3.8) is 0 Å². The molecule has 0 saturated carbocycles. The maximum absolute atomic E-state index is 13.0. The maximum Gasteiger partial charge on any atom is 0.441 e. The molecule has 2 aromatic carbocycles. The third-order valence-electron chi connectivity index (χ3n) is 3.86. The largest absolute Gasteiger partial charge is 0.497 e. The molecule has 1 aromatic heterocycles. The van der Waals surface area contributed by atoms with Gasteiger partial charge in [-0.05, 0) is 29.8 Å². The van der Waals surface area contributed by atoms with Gasteiger partial charge in [0.25, 0.3) is 0 Å². The predicted octanol–water partition coefficient (Wildman–Crippen LogP) is 2.63. The van der Waals surface area contributed by atoms with E-state index in [0.717, 1.165) is 11.1 Å². The highest BCUT2D eigenvalue weighted by Crippen LogP contribution is 2.25. The zero-order valence-electron chi connectivity index (χ0n) is 13.9. The van der Waals surface area contributed by atoms with E-state index in [1.54, 1.807) is 38.5 Å². The van der Waals surface area contributed by atoms with Crippen LogP contribution in [0, 0.1) is 5.82 Å². The lowest BCUT2D eigenvalue weighted by Gasteiger charge is -2.11. The first-order valence-corrected chi connectivity index (χ1v) is 7.61. The van der Waals surface area contributed by atoms with Crippen LogP contribution in [0.5, 0.6) is 11.5 Å². The minimum Gasteiger partial charge on any atom is -0.497 e. The second-order valence-electron chi connectivity index (χ2n) is 5.43. The number of aromatic nitrogens is 2. The van der Waals surface area contributed by atoms with Crippen molar-refractivity contribution >= 4 is 0 Å². The first-order chi connectivity index (χ1) is 12.1. The van der Waals surface area contributed by atoms with E-state index in [2.05, 4.69) is 5.16 Å². The summed E-state index contributed by atoms with van der Waals surface area (Å²) in [5.41, 5.74) is 1.61. The zero-order chi connectivity index (χ0) is 17.8. The molecular weight excluding hydrogens is 327 g/mol. The van der Waals surface area contributed by atoms with Crippen LogP contribution in [-0.4, -0.2) is 23.9 Å². The SMILES string of the molecule is COc1ccc(Cn2c(Cc3ccc(F)cc3)noc2=O)c(OC)c1. The van der Waals surface area contributed by atoms with Crippen LogP contribution >= 0.6 is 0 Å². The Labute approximate surface area is 143 Å². The molecule has 0 fully saturated rings. The van der Waals surface area contributed by atoms with Crippen molar-refractivity contribution in [1.29, 1.82) is 0 Å². The average molecular weight is 344 g/mol. The lowest BCUT2D eigenvalue weighted by Crippen LogP contribution is -2.18. The van der Waals surface area contributed by atoms with Gasteiger partial charge in [0.2, 0.25) is 0 Å². The molecule has 0 aliphatic rings. The number of ether oxygens (including phenoxy) is 2. The van der Waals surface area contributed by atoms with Crippen LogP contribution in [0.1, 0.15) is 17.0 Å². The summed E-state index contributed by atoms with van der Waals surface area (Å²) >= 11 is 0. The molecule has 1 heterocycles. The fourth-order valence-electron chi connectivity index (χ4n) is 2.52. The van der Waals surface area contributed by atoms with Crippen LogP contribution in [0.3, 0.4) is 0 Å². The number of rotatable bonds is 6. The van der Waals surface area contributed by atoms with Gasteiger partial charge in [0.05, 0.1) is 20.8 Å². The Kier molecular flexibility index (Phi) is 4.83. The Hall–Kier alpha value is -3.09. The lowest BCUT2D eigenvalue weighted by molar-refractivity contribution is 0.373. The third-order valence-corrected chi connectivity index (χ3v) is 3.86. The summed E-state index contributed by atoms with van der Waals surface area (Å²) in [4.78, 5) is 12.0. The number of halogens is 1. The number of hydrogen-bond acceptors (Lipinski definition) is 5. The van der Waals surface area contributed by atoms with E-state index < -0.39 is 5.76 Å². The van der Waals surface area contributed by atoms with Crippen LogP contribution in [0.15, 0.2) is 51.8 Å². The van der Waals surface area contributed by atoms with Crippen LogP contribution in [-0.2, 0) is 13.0 Å². The lowest BCUT2D eigenvalue weighted by atomic mass is 10.1. The first kappa shape index (κ1) is 16.8. The van der Waals surface area contributed by atoms with Crippen molar-refractivity contribution in [2.24, 2.45) is 0 Å². The molecule has 0 aliphatic carbocycles. The smallest absolute Gasteiger partial charge is 0.441 e. The molecule has 0 aliphatic heterocycles. The van der Waals surface area contributed by atoms with E-state index in [-0.39, 0.29) is 12.4 Å². The molecule has 25 heavy (non-hydrogen) atoms. The monoisotopic (exact) mass is 344 g/mol. The van der Waals surface area contributed by atoms with Gasteiger partial charge in [0.1, 0.15) is 17.3 Å². The number of benzene rings is 2. The summed E-state index contributed by atoms with van der Waals surface area (Å²) in [6.07, 6.45) is 0.352. The fourth-order valence-corrected chi connectivity index (χ4v) is 2.52. The van der Waals surface area contributed by atoms with Crippen LogP contribution in [0.25, 0.3) is 0 Å². The van der Waals surface area contributed by atoms with E-state index in [4.69, 9.17) is 14.0 Å². The van der Waals surface area contributed by atoms with Crippen molar-refractivity contribution in [2.75, 3.05) is 14.2 Å². The minimum absolute atomic E-state index is 0.242. The second kappa shape index (κ2) is 7.21. The summed E-state index contributed by atoms with van der Waals surface area (Å²) < 4.78 is 29.8. The van der Waals surface area contributed by atoms with Gasteiger partial charge in [0.15, 0.2) is 5.82 Å². The third kappa shape index (κ3) is 3.71. The molecule has 3 rings (SSSR count). The normalized spacial score (nSPS) is 10.7. The molecule has 3 aromatic rings. The van der Waals surface area contributed by atoms with Gasteiger partial charge in [-0.2, -0.15) is 0 Å². The van der Waals surface area contributed by atoms with Gasteiger partial charge in [-0.1, -0.05) is 17.3 Å². The molecule has 0 amide bonds. The highest BCUT2D eigenvalue weighted by molar-refractivity contribution is 5.41. The van der Waals surface area contributed by atoms with Crippen molar-refractivity contribution in [1.82, 2.24) is 9.72 Å². The van der Waals surface area contributed by atoms with E-state index in [9.17, 15) is 9.18 Å². The van der Waals surface area contributed by atoms with E-state index in [0.29, 0.717) is 23.7 Å². The first-order valence-electron chi connectivity index (χ1n) is 7.61. The molecule has 0 unspecified atom stereocenters. The zero-order valence-corrected chi connectivity index (χ0v) is 13.9. The highest BCUT2D eigenvalue weighted by Gasteiger charge is 2.14.